The quantitative estimate of drug-likeness (QED) is 0.154. The van der Waals surface area contributed by atoms with Crippen LogP contribution >= 0.6 is 0 Å². The predicted molar refractivity (Wildman–Crippen MR) is 259 cm³/mol. The second kappa shape index (κ2) is 20.1. The van der Waals surface area contributed by atoms with E-state index in [4.69, 9.17) is 7.73 Å². The van der Waals surface area contributed by atoms with Gasteiger partial charge in [0.05, 0.1) is 16.6 Å². The molecule has 0 amide bonds. The van der Waals surface area contributed by atoms with Gasteiger partial charge in [-0.1, -0.05) is 155 Å². The number of para-hydroxylation sites is 1. The summed E-state index contributed by atoms with van der Waals surface area (Å²) in [5, 5.41) is 11.5. The predicted octanol–water partition coefficient (Wildman–Crippen LogP) is 15.9. The second-order valence-electron chi connectivity index (χ2n) is 15.9. The van der Waals surface area contributed by atoms with Crippen molar-refractivity contribution < 1.29 is 28.9 Å². The van der Waals surface area contributed by atoms with Gasteiger partial charge in [0.2, 0.25) is 0 Å². The zero-order valence-electron chi connectivity index (χ0n) is 38.5. The van der Waals surface area contributed by atoms with E-state index in [1.165, 1.54) is 11.1 Å². The Hall–Kier alpha value is -6.28. The van der Waals surface area contributed by atoms with Gasteiger partial charge in [0.15, 0.2) is 0 Å². The molecule has 9 rings (SSSR count). The zero-order valence-corrected chi connectivity index (χ0v) is 38.8. The first kappa shape index (κ1) is 42.4. The molecule has 1 aromatic heterocycles. The number of aromatic nitrogens is 2. The molecule has 0 saturated heterocycles. The number of aryl methyl sites for hydroxylation is 2. The minimum Gasteiger partial charge on any atom is -0.507 e. The van der Waals surface area contributed by atoms with Gasteiger partial charge >= 0.3 is 21.1 Å². The van der Waals surface area contributed by atoms with Crippen LogP contribution in [-0.4, -0.2) is 14.7 Å². The summed E-state index contributed by atoms with van der Waals surface area (Å²) in [4.78, 5) is 5.33. The molecule has 8 aromatic carbocycles. The van der Waals surface area contributed by atoms with Crippen molar-refractivity contribution in [1.29, 1.82) is 0 Å². The van der Waals surface area contributed by atoms with E-state index in [1.807, 2.05) is 114 Å². The molecule has 1 N–H and O–H groups in total. The van der Waals surface area contributed by atoms with E-state index in [2.05, 4.69) is 120 Å². The number of hydrogen-bond donors (Lipinski definition) is 1. The summed E-state index contributed by atoms with van der Waals surface area (Å²) in [6.45, 7) is 11.6. The van der Waals surface area contributed by atoms with Gasteiger partial charge in [-0.2, -0.15) is 30.3 Å². The van der Waals surface area contributed by atoms with Crippen LogP contribution in [0.3, 0.4) is 0 Å². The van der Waals surface area contributed by atoms with Crippen molar-refractivity contribution in [3.63, 3.8) is 0 Å². The number of phenolic OH excluding ortho intramolecular Hbond substituents is 1. The van der Waals surface area contributed by atoms with Crippen molar-refractivity contribution in [3.05, 3.63) is 218 Å². The molecule has 0 radical (unpaired) electrons. The summed E-state index contributed by atoms with van der Waals surface area (Å²) >= 11 is 0. The summed E-state index contributed by atoms with van der Waals surface area (Å²) < 4.78 is 19.1. The topological polar surface area (TPSA) is 38.0 Å². The van der Waals surface area contributed by atoms with Crippen LogP contribution in [0.1, 0.15) is 64.5 Å². The average Bonchev–Trinajstić information content (AvgIpc) is 3.68. The van der Waals surface area contributed by atoms with Crippen LogP contribution in [0.25, 0.3) is 72.6 Å². The molecule has 0 bridgehead atoms. The van der Waals surface area contributed by atoms with E-state index in [1.54, 1.807) is 0 Å². The number of phenols is 1. The number of fused-ring (bicyclic) bond motifs is 1. The molecule has 312 valence electrons. The number of benzene rings is 8. The molecule has 1 heterocycles. The van der Waals surface area contributed by atoms with E-state index >= 15 is 0 Å². The fourth-order valence-electron chi connectivity index (χ4n) is 7.80. The SMILES string of the molecule is [2H]C(C)(C)c1cc(-c2ccccc2)cc(-n2c(-c3cc(C)cc(C)c3O)nc3c(-c4cccc(-c5ccccc5)c4)cccc32)c1.[2H]C(C)(C)c1ccc(-c2cc[c-]cc2)cc1.[CH3-].[Pt+2]. The van der Waals surface area contributed by atoms with Crippen molar-refractivity contribution in [2.45, 2.75) is 53.3 Å². The van der Waals surface area contributed by atoms with Crippen LogP contribution in [0.4, 0.5) is 0 Å². The van der Waals surface area contributed by atoms with Crippen molar-refractivity contribution >= 4 is 11.0 Å². The van der Waals surface area contributed by atoms with Gasteiger partial charge in [0, 0.05) is 14.0 Å². The summed E-state index contributed by atoms with van der Waals surface area (Å²) in [5.41, 5.74) is 16.0. The third kappa shape index (κ3) is 9.75. The van der Waals surface area contributed by atoms with Gasteiger partial charge in [0.25, 0.3) is 0 Å². The van der Waals surface area contributed by atoms with Crippen LogP contribution in [-0.2, 0) is 21.1 Å². The van der Waals surface area contributed by atoms with Crippen LogP contribution in [0.15, 0.2) is 182 Å². The number of nitrogens with zero attached hydrogens (tertiary/aromatic N) is 2. The molecule has 0 saturated carbocycles. The minimum atomic E-state index is -0.832. The molecule has 62 heavy (non-hydrogen) atoms. The van der Waals surface area contributed by atoms with Gasteiger partial charge in [0.1, 0.15) is 11.6 Å². The van der Waals surface area contributed by atoms with E-state index in [0.717, 1.165) is 72.4 Å². The van der Waals surface area contributed by atoms with E-state index in [9.17, 15) is 5.11 Å². The number of imidazole rings is 1. The third-order valence-electron chi connectivity index (χ3n) is 11.0. The molecule has 0 aliphatic carbocycles. The van der Waals surface area contributed by atoms with Gasteiger partial charge in [-0.05, 0) is 112 Å². The maximum absolute atomic E-state index is 11.5. The number of aromatic hydroxyl groups is 1. The minimum absolute atomic E-state index is 0. The van der Waals surface area contributed by atoms with Crippen molar-refractivity contribution in [2.75, 3.05) is 0 Å². The first-order valence-electron chi connectivity index (χ1n) is 21.5. The zero-order chi connectivity index (χ0) is 43.6. The molecule has 0 aliphatic rings. The molecule has 0 fully saturated rings. The normalized spacial score (nSPS) is 11.6. The summed E-state index contributed by atoms with van der Waals surface area (Å²) in [6.07, 6.45) is 0. The third-order valence-corrected chi connectivity index (χ3v) is 11.0. The van der Waals surface area contributed by atoms with E-state index < -0.39 is 11.8 Å². The number of rotatable bonds is 8. The monoisotopic (exact) mass is 991 g/mol. The van der Waals surface area contributed by atoms with E-state index in [-0.39, 0.29) is 34.2 Å². The standard InChI is InChI=1S/C42H36N2O.C15H15.CH3.Pt/c1-27(2)34-24-35(31-15-9-6-10-16-31)26-36(25-34)44-39-20-12-19-37(33-18-11-17-32(23-33)30-13-7-5-8-14-30)40(39)43-42(44)38-22-28(3)21-29(4)41(38)45;1-12(2)13-8-10-15(11-9-13)14-6-4-3-5-7-14;;/h5-27,45H,1-4H3;4-12H,1-2H3;1H3;/q;2*-1;+2/i27D;12D;;. The van der Waals surface area contributed by atoms with Crippen molar-refractivity contribution in [2.24, 2.45) is 0 Å². The Morgan fingerprint density at radius 1 is 0.532 bits per heavy atom. The molecule has 0 unspecified atom stereocenters. The fourth-order valence-corrected chi connectivity index (χ4v) is 7.80. The fraction of sp³-hybridized carbons (Fsp3) is 0.138. The molecular formula is C58H54N2OPt. The Morgan fingerprint density at radius 2 is 1.10 bits per heavy atom. The summed E-state index contributed by atoms with van der Waals surface area (Å²) in [6, 6.07) is 65.0. The first-order chi connectivity index (χ1) is 29.7. The summed E-state index contributed by atoms with van der Waals surface area (Å²) in [7, 11) is 0. The number of hydrogen-bond acceptors (Lipinski definition) is 2. The molecular weight excluding hydrogens is 936 g/mol. The summed E-state index contributed by atoms with van der Waals surface area (Å²) in [5.74, 6) is -0.482. The Bertz CT molecular complexity index is 2990. The Kier molecular flexibility index (Phi) is 13.7. The average molecular weight is 992 g/mol. The Labute approximate surface area is 385 Å². The van der Waals surface area contributed by atoms with Gasteiger partial charge < -0.3 is 12.5 Å². The van der Waals surface area contributed by atoms with Crippen molar-refractivity contribution in [3.8, 4) is 67.3 Å². The van der Waals surface area contributed by atoms with Gasteiger partial charge in [-0.15, -0.1) is 5.56 Å². The Balaban J connectivity index is 0.000000320. The molecule has 9 aromatic rings. The van der Waals surface area contributed by atoms with Gasteiger partial charge in [-0.3, -0.25) is 4.57 Å². The first-order valence-corrected chi connectivity index (χ1v) is 20.5. The maximum Gasteiger partial charge on any atom is 2.00 e. The molecule has 0 spiro atoms. The van der Waals surface area contributed by atoms with Gasteiger partial charge in [-0.25, -0.2) is 4.98 Å². The van der Waals surface area contributed by atoms with Crippen LogP contribution in [0.2, 0.25) is 0 Å². The van der Waals surface area contributed by atoms with E-state index in [0.29, 0.717) is 11.4 Å². The smallest absolute Gasteiger partial charge is 0.507 e. The van der Waals surface area contributed by atoms with Crippen LogP contribution < -0.4 is 0 Å². The molecule has 0 aliphatic heterocycles. The molecule has 4 heteroatoms. The Morgan fingerprint density at radius 3 is 1.74 bits per heavy atom. The molecule has 0 atom stereocenters. The second-order valence-corrected chi connectivity index (χ2v) is 15.9. The maximum atomic E-state index is 11.5. The van der Waals surface area contributed by atoms with Crippen LogP contribution in [0.5, 0.6) is 5.75 Å². The molecule has 3 nitrogen and oxygen atoms in total. The van der Waals surface area contributed by atoms with Crippen LogP contribution in [0, 0.1) is 27.3 Å². The van der Waals surface area contributed by atoms with Crippen molar-refractivity contribution in [1.82, 2.24) is 9.55 Å². The largest absolute Gasteiger partial charge is 2.00 e.